The van der Waals surface area contributed by atoms with Gasteiger partial charge in [0.15, 0.2) is 0 Å². The summed E-state index contributed by atoms with van der Waals surface area (Å²) >= 11 is 0. The van der Waals surface area contributed by atoms with Gasteiger partial charge < -0.3 is 19.5 Å². The maximum Gasteiger partial charge on any atom is 0.255 e. The number of hydrogen-bond acceptors (Lipinski definition) is 4. The Morgan fingerprint density at radius 2 is 1.62 bits per heavy atom. The van der Waals surface area contributed by atoms with E-state index >= 15 is 0 Å². The van der Waals surface area contributed by atoms with Crippen molar-refractivity contribution >= 4 is 5.91 Å². The molecule has 5 heteroatoms. The number of nitrogens with one attached hydrogen (secondary N) is 1. The Balaban J connectivity index is 1.97. The molecule has 2 aromatic carbocycles. The lowest BCUT2D eigenvalue weighted by molar-refractivity contribution is 0.0955. The predicted octanol–water partition coefficient (Wildman–Crippen LogP) is 2.49. The van der Waals surface area contributed by atoms with E-state index in [0.29, 0.717) is 17.1 Å². The van der Waals surface area contributed by atoms with Crippen LogP contribution in [0.15, 0.2) is 42.5 Å². The molecule has 2 rings (SSSR count). The second-order valence-corrected chi connectivity index (χ2v) is 4.78. The number of rotatable bonds is 5. The van der Waals surface area contributed by atoms with E-state index in [1.165, 1.54) is 7.11 Å². The molecule has 0 radical (unpaired) electrons. The largest absolute Gasteiger partial charge is 0.497 e. The van der Waals surface area contributed by atoms with Crippen LogP contribution in [-0.2, 0) is 0 Å². The highest BCUT2D eigenvalue weighted by molar-refractivity contribution is 5.97. The van der Waals surface area contributed by atoms with E-state index in [1.54, 1.807) is 32.4 Å². The maximum absolute atomic E-state index is 12.2. The maximum atomic E-state index is 12.2. The summed E-state index contributed by atoms with van der Waals surface area (Å²) in [5.41, 5.74) is 1.29. The highest BCUT2D eigenvalue weighted by Gasteiger charge is 2.12. The zero-order valence-electron chi connectivity index (χ0n) is 13.9. The number of benzene rings is 2. The van der Waals surface area contributed by atoms with Gasteiger partial charge in [0.2, 0.25) is 0 Å². The molecule has 1 N–H and O–H groups in total. The van der Waals surface area contributed by atoms with Crippen LogP contribution in [0.5, 0.6) is 17.2 Å². The fourth-order valence-corrected chi connectivity index (χ4v) is 2.03. The van der Waals surface area contributed by atoms with Crippen LogP contribution >= 0.6 is 0 Å². The van der Waals surface area contributed by atoms with Gasteiger partial charge in [0.25, 0.3) is 5.91 Å². The SMILES string of the molecule is COc1ccc(C#CCNC(=O)c2ccc(OC)cc2OC)cc1. The van der Waals surface area contributed by atoms with Crippen molar-refractivity contribution in [1.29, 1.82) is 0 Å². The first-order valence-corrected chi connectivity index (χ1v) is 7.31. The van der Waals surface area contributed by atoms with Gasteiger partial charge >= 0.3 is 0 Å². The topological polar surface area (TPSA) is 56.8 Å². The molecule has 0 saturated heterocycles. The van der Waals surface area contributed by atoms with Gasteiger partial charge in [-0.2, -0.15) is 0 Å². The zero-order chi connectivity index (χ0) is 17.4. The molecule has 0 aliphatic heterocycles. The minimum Gasteiger partial charge on any atom is -0.497 e. The Hall–Kier alpha value is -3.13. The highest BCUT2D eigenvalue weighted by atomic mass is 16.5. The summed E-state index contributed by atoms with van der Waals surface area (Å²) in [4.78, 5) is 12.2. The fourth-order valence-electron chi connectivity index (χ4n) is 2.03. The lowest BCUT2D eigenvalue weighted by Crippen LogP contribution is -2.24. The number of methoxy groups -OCH3 is 3. The molecule has 1 amide bonds. The molecule has 0 bridgehead atoms. The van der Waals surface area contributed by atoms with Crippen LogP contribution in [0, 0.1) is 11.8 Å². The van der Waals surface area contributed by atoms with Crippen molar-refractivity contribution in [2.75, 3.05) is 27.9 Å². The van der Waals surface area contributed by atoms with Crippen molar-refractivity contribution in [2.24, 2.45) is 0 Å². The van der Waals surface area contributed by atoms with Gasteiger partial charge in [-0.1, -0.05) is 11.8 Å². The average molecular weight is 325 g/mol. The number of hydrogen-bond donors (Lipinski definition) is 1. The predicted molar refractivity (Wildman–Crippen MR) is 91.8 cm³/mol. The third-order valence-electron chi connectivity index (χ3n) is 3.31. The van der Waals surface area contributed by atoms with E-state index in [2.05, 4.69) is 17.2 Å². The van der Waals surface area contributed by atoms with Gasteiger partial charge in [-0.15, -0.1) is 0 Å². The Morgan fingerprint density at radius 3 is 2.25 bits per heavy atom. The molecule has 0 saturated carbocycles. The first kappa shape index (κ1) is 17.2. The van der Waals surface area contributed by atoms with Crippen molar-refractivity contribution in [3.05, 3.63) is 53.6 Å². The average Bonchev–Trinajstić information content (AvgIpc) is 2.64. The Labute approximate surface area is 141 Å². The van der Waals surface area contributed by atoms with Gasteiger partial charge in [0.05, 0.1) is 33.4 Å². The molecular weight excluding hydrogens is 306 g/mol. The molecule has 0 aliphatic rings. The van der Waals surface area contributed by atoms with Crippen LogP contribution in [0.2, 0.25) is 0 Å². The van der Waals surface area contributed by atoms with Crippen molar-refractivity contribution in [1.82, 2.24) is 5.32 Å². The lowest BCUT2D eigenvalue weighted by atomic mass is 10.1. The van der Waals surface area contributed by atoms with Gasteiger partial charge in [-0.05, 0) is 36.4 Å². The van der Waals surface area contributed by atoms with Crippen LogP contribution in [0.1, 0.15) is 15.9 Å². The molecule has 0 fully saturated rings. The molecule has 5 nitrogen and oxygen atoms in total. The second kappa shape index (κ2) is 8.49. The second-order valence-electron chi connectivity index (χ2n) is 4.78. The van der Waals surface area contributed by atoms with Crippen LogP contribution in [0.3, 0.4) is 0 Å². The lowest BCUT2D eigenvalue weighted by Gasteiger charge is -2.09. The zero-order valence-corrected chi connectivity index (χ0v) is 13.9. The monoisotopic (exact) mass is 325 g/mol. The van der Waals surface area contributed by atoms with Crippen molar-refractivity contribution in [3.63, 3.8) is 0 Å². The van der Waals surface area contributed by atoms with E-state index in [0.717, 1.165) is 11.3 Å². The highest BCUT2D eigenvalue weighted by Crippen LogP contribution is 2.24. The molecule has 2 aromatic rings. The van der Waals surface area contributed by atoms with E-state index in [9.17, 15) is 4.79 Å². The molecule has 0 atom stereocenters. The van der Waals surface area contributed by atoms with Gasteiger partial charge in [-0.25, -0.2) is 0 Å². The minimum absolute atomic E-state index is 0.236. The number of amides is 1. The van der Waals surface area contributed by atoms with E-state index in [1.807, 2.05) is 24.3 Å². The molecule has 0 unspecified atom stereocenters. The summed E-state index contributed by atoms with van der Waals surface area (Å²) < 4.78 is 15.4. The van der Waals surface area contributed by atoms with Crippen LogP contribution in [-0.4, -0.2) is 33.8 Å². The molecular formula is C19H19NO4. The molecule has 0 spiro atoms. The third-order valence-corrected chi connectivity index (χ3v) is 3.31. The van der Waals surface area contributed by atoms with Crippen LogP contribution in [0.25, 0.3) is 0 Å². The number of carbonyl (C=O) groups is 1. The summed E-state index contributed by atoms with van der Waals surface area (Å²) in [5.74, 6) is 7.50. The molecule has 0 aromatic heterocycles. The molecule has 24 heavy (non-hydrogen) atoms. The fraction of sp³-hybridized carbons (Fsp3) is 0.211. The van der Waals surface area contributed by atoms with Crippen molar-refractivity contribution < 1.29 is 19.0 Å². The first-order valence-electron chi connectivity index (χ1n) is 7.31. The summed E-state index contributed by atoms with van der Waals surface area (Å²) in [6, 6.07) is 12.4. The minimum atomic E-state index is -0.251. The molecule has 124 valence electrons. The number of carbonyl (C=O) groups excluding carboxylic acids is 1. The molecule has 0 aliphatic carbocycles. The van der Waals surface area contributed by atoms with Crippen LogP contribution in [0.4, 0.5) is 0 Å². The van der Waals surface area contributed by atoms with Crippen molar-refractivity contribution in [3.8, 4) is 29.1 Å². The smallest absolute Gasteiger partial charge is 0.255 e. The summed E-state index contributed by atoms with van der Waals surface area (Å²) in [6.45, 7) is 0.236. The Morgan fingerprint density at radius 1 is 0.958 bits per heavy atom. The van der Waals surface area contributed by atoms with Crippen molar-refractivity contribution in [2.45, 2.75) is 0 Å². The standard InChI is InChI=1S/C19H19NO4/c1-22-15-8-6-14(7-9-15)5-4-12-20-19(21)17-11-10-16(23-2)13-18(17)24-3/h6-11,13H,12H2,1-3H3,(H,20,21). The van der Waals surface area contributed by atoms with Crippen LogP contribution < -0.4 is 19.5 Å². The van der Waals surface area contributed by atoms with E-state index in [-0.39, 0.29) is 12.5 Å². The quantitative estimate of drug-likeness (QED) is 0.858. The third kappa shape index (κ3) is 4.43. The Bertz CT molecular complexity index is 757. The van der Waals surface area contributed by atoms with Gasteiger partial charge in [-0.3, -0.25) is 4.79 Å². The van der Waals surface area contributed by atoms with Gasteiger partial charge in [0.1, 0.15) is 17.2 Å². The summed E-state index contributed by atoms with van der Waals surface area (Å²) in [5, 5.41) is 2.75. The number of ether oxygens (including phenoxy) is 3. The summed E-state index contributed by atoms with van der Waals surface area (Å²) in [6.07, 6.45) is 0. The van der Waals surface area contributed by atoms with E-state index in [4.69, 9.17) is 14.2 Å². The summed E-state index contributed by atoms with van der Waals surface area (Å²) in [7, 11) is 4.68. The van der Waals surface area contributed by atoms with E-state index < -0.39 is 0 Å². The van der Waals surface area contributed by atoms with Gasteiger partial charge in [0, 0.05) is 11.6 Å². The normalized spacial score (nSPS) is 9.46. The Kier molecular flexibility index (Phi) is 6.09. The first-order chi connectivity index (χ1) is 11.7. The molecule has 0 heterocycles.